The molecule has 2 N–H and O–H groups in total. The molecule has 0 saturated carbocycles. The molecule has 0 aliphatic rings. The summed E-state index contributed by atoms with van der Waals surface area (Å²) in [6, 6.07) is 13.1. The first-order valence-corrected chi connectivity index (χ1v) is 10.6. The van der Waals surface area contributed by atoms with E-state index in [0.29, 0.717) is 16.9 Å². The van der Waals surface area contributed by atoms with Gasteiger partial charge in [-0.25, -0.2) is 21.9 Å². The Kier molecular flexibility index (Phi) is 6.30. The van der Waals surface area contributed by atoms with Crippen LogP contribution in [-0.4, -0.2) is 24.5 Å². The topological polar surface area (TPSA) is 101 Å². The number of halogens is 2. The third kappa shape index (κ3) is 5.19. The fourth-order valence-electron chi connectivity index (χ4n) is 2.41. The Labute approximate surface area is 169 Å². The van der Waals surface area contributed by atoms with Crippen LogP contribution in [0, 0.1) is 6.92 Å². The predicted molar refractivity (Wildman–Crippen MR) is 104 cm³/mol. The highest BCUT2D eigenvalue weighted by Gasteiger charge is 2.20. The van der Waals surface area contributed by atoms with Crippen LogP contribution in [0.5, 0.6) is 0 Å². The van der Waals surface area contributed by atoms with Crippen molar-refractivity contribution in [3.8, 4) is 0 Å². The van der Waals surface area contributed by atoms with Crippen molar-refractivity contribution in [2.75, 3.05) is 5.32 Å². The second-order valence-corrected chi connectivity index (χ2v) is 8.76. The van der Waals surface area contributed by atoms with Crippen molar-refractivity contribution < 1.29 is 22.0 Å². The molecule has 0 unspecified atom stereocenters. The van der Waals surface area contributed by atoms with Gasteiger partial charge in [0.25, 0.3) is 12.3 Å². The molecule has 0 aliphatic carbocycles. The number of amides is 1. The van der Waals surface area contributed by atoms with Gasteiger partial charge in [0, 0.05) is 12.1 Å². The third-order valence-electron chi connectivity index (χ3n) is 3.92. The van der Waals surface area contributed by atoms with E-state index >= 15 is 0 Å². The van der Waals surface area contributed by atoms with E-state index in [0.717, 1.165) is 5.56 Å². The molecule has 0 fully saturated rings. The highest BCUT2D eigenvalue weighted by Crippen LogP contribution is 2.26. The second kappa shape index (κ2) is 8.72. The van der Waals surface area contributed by atoms with Crippen LogP contribution in [0.15, 0.2) is 53.4 Å². The zero-order valence-corrected chi connectivity index (χ0v) is 16.7. The van der Waals surface area contributed by atoms with E-state index in [1.54, 1.807) is 31.2 Å². The molecule has 3 aromatic rings. The summed E-state index contributed by atoms with van der Waals surface area (Å²) in [6.45, 7) is 1.73. The Bertz CT molecular complexity index is 1120. The molecule has 1 amide bonds. The van der Waals surface area contributed by atoms with Gasteiger partial charge in [0.05, 0.1) is 4.90 Å². The van der Waals surface area contributed by atoms with E-state index in [1.807, 2.05) is 6.07 Å². The van der Waals surface area contributed by atoms with Crippen molar-refractivity contribution in [3.63, 3.8) is 0 Å². The molecule has 29 heavy (non-hydrogen) atoms. The average Bonchev–Trinajstić information content (AvgIpc) is 3.16. The van der Waals surface area contributed by atoms with Crippen LogP contribution in [0.1, 0.15) is 32.9 Å². The summed E-state index contributed by atoms with van der Waals surface area (Å²) in [7, 11) is -3.87. The maximum Gasteiger partial charge on any atom is 0.291 e. The van der Waals surface area contributed by atoms with Gasteiger partial charge >= 0.3 is 0 Å². The van der Waals surface area contributed by atoms with Gasteiger partial charge in [0.1, 0.15) is 0 Å². The SMILES string of the molecule is Cc1ccc(S(=O)(=O)NCc2ccccc2)cc1C(=O)Nc1nnc(C(F)F)s1. The predicted octanol–water partition coefficient (Wildman–Crippen LogP) is 3.51. The number of aromatic nitrogens is 2. The fourth-order valence-corrected chi connectivity index (χ4v) is 4.05. The molecule has 2 aromatic carbocycles. The van der Waals surface area contributed by atoms with Gasteiger partial charge in [0.15, 0.2) is 5.01 Å². The Morgan fingerprint density at radius 1 is 1.14 bits per heavy atom. The van der Waals surface area contributed by atoms with Crippen LogP contribution in [-0.2, 0) is 16.6 Å². The van der Waals surface area contributed by atoms with Crippen molar-refractivity contribution in [2.45, 2.75) is 24.8 Å². The number of hydrogen-bond donors (Lipinski definition) is 2. The molecule has 3 rings (SSSR count). The first kappa shape index (κ1) is 21.0. The molecule has 152 valence electrons. The highest BCUT2D eigenvalue weighted by atomic mass is 32.2. The third-order valence-corrected chi connectivity index (χ3v) is 6.17. The van der Waals surface area contributed by atoms with Crippen LogP contribution in [0.4, 0.5) is 13.9 Å². The largest absolute Gasteiger partial charge is 0.296 e. The van der Waals surface area contributed by atoms with Gasteiger partial charge in [-0.15, -0.1) is 10.2 Å². The molecule has 0 aliphatic heterocycles. The fraction of sp³-hybridized carbons (Fsp3) is 0.167. The lowest BCUT2D eigenvalue weighted by Crippen LogP contribution is -2.24. The summed E-state index contributed by atoms with van der Waals surface area (Å²) in [5.41, 5.74) is 1.39. The highest BCUT2D eigenvalue weighted by molar-refractivity contribution is 7.89. The normalized spacial score (nSPS) is 11.6. The van der Waals surface area contributed by atoms with Crippen LogP contribution in [0.2, 0.25) is 0 Å². The van der Waals surface area contributed by atoms with Gasteiger partial charge < -0.3 is 0 Å². The summed E-state index contributed by atoms with van der Waals surface area (Å²) >= 11 is 0.551. The van der Waals surface area contributed by atoms with Crippen LogP contribution in [0.3, 0.4) is 0 Å². The van der Waals surface area contributed by atoms with E-state index < -0.39 is 27.4 Å². The first-order valence-electron chi connectivity index (χ1n) is 8.33. The molecule has 0 atom stereocenters. The van der Waals surface area contributed by atoms with E-state index in [1.165, 1.54) is 18.2 Å². The van der Waals surface area contributed by atoms with E-state index in [4.69, 9.17) is 0 Å². The molecule has 0 radical (unpaired) electrons. The van der Waals surface area contributed by atoms with E-state index in [9.17, 15) is 22.0 Å². The molecule has 0 saturated heterocycles. The quantitative estimate of drug-likeness (QED) is 0.588. The number of aryl methyl sites for hydroxylation is 1. The molecule has 7 nitrogen and oxygen atoms in total. The number of carbonyl (C=O) groups excluding carboxylic acids is 1. The maximum atomic E-state index is 12.6. The van der Waals surface area contributed by atoms with Gasteiger partial charge in [0.2, 0.25) is 15.2 Å². The van der Waals surface area contributed by atoms with Gasteiger partial charge in [-0.05, 0) is 30.2 Å². The lowest BCUT2D eigenvalue weighted by Gasteiger charge is -2.10. The standard InChI is InChI=1S/C18H16F2N4O3S2/c1-11-7-8-13(29(26,27)21-10-12-5-3-2-4-6-12)9-14(11)16(25)22-18-24-23-17(28-18)15(19)20/h2-9,15,21H,10H2,1H3,(H,22,24,25). The molecule has 0 bridgehead atoms. The Balaban J connectivity index is 1.78. The minimum absolute atomic E-state index is 0.0846. The van der Waals surface area contributed by atoms with Gasteiger partial charge in [-0.1, -0.05) is 47.7 Å². The maximum absolute atomic E-state index is 12.6. The lowest BCUT2D eigenvalue weighted by atomic mass is 10.1. The minimum atomic E-state index is -3.87. The number of anilines is 1. The molecule has 1 aromatic heterocycles. The van der Waals surface area contributed by atoms with Crippen molar-refractivity contribution in [1.29, 1.82) is 0 Å². The smallest absolute Gasteiger partial charge is 0.291 e. The number of carbonyl (C=O) groups is 1. The monoisotopic (exact) mass is 438 g/mol. The zero-order valence-electron chi connectivity index (χ0n) is 15.1. The number of hydrogen-bond acceptors (Lipinski definition) is 6. The van der Waals surface area contributed by atoms with Crippen LogP contribution >= 0.6 is 11.3 Å². The van der Waals surface area contributed by atoms with Crippen molar-refractivity contribution in [2.24, 2.45) is 0 Å². The number of nitrogens with zero attached hydrogens (tertiary/aromatic N) is 2. The number of rotatable bonds is 7. The van der Waals surface area contributed by atoms with Gasteiger partial charge in [-0.2, -0.15) is 0 Å². The number of benzene rings is 2. The Morgan fingerprint density at radius 3 is 2.52 bits per heavy atom. The van der Waals surface area contributed by atoms with Crippen molar-refractivity contribution in [1.82, 2.24) is 14.9 Å². The minimum Gasteiger partial charge on any atom is -0.296 e. The lowest BCUT2D eigenvalue weighted by molar-refractivity contribution is 0.102. The van der Waals surface area contributed by atoms with Crippen molar-refractivity contribution >= 4 is 32.4 Å². The Hall–Kier alpha value is -2.76. The molecule has 0 spiro atoms. The molecule has 11 heteroatoms. The second-order valence-electron chi connectivity index (χ2n) is 5.99. The molecular weight excluding hydrogens is 422 g/mol. The zero-order chi connectivity index (χ0) is 21.0. The Morgan fingerprint density at radius 2 is 1.86 bits per heavy atom. The van der Waals surface area contributed by atoms with Crippen molar-refractivity contribution in [3.05, 3.63) is 70.2 Å². The van der Waals surface area contributed by atoms with E-state index in [2.05, 4.69) is 20.2 Å². The summed E-state index contributed by atoms with van der Waals surface area (Å²) in [5.74, 6) is -0.667. The summed E-state index contributed by atoms with van der Waals surface area (Å²) in [5, 5.41) is 8.54. The summed E-state index contributed by atoms with van der Waals surface area (Å²) in [6.07, 6.45) is -2.79. The summed E-state index contributed by atoms with van der Waals surface area (Å²) < 4.78 is 52.9. The number of alkyl halides is 2. The number of nitrogens with one attached hydrogen (secondary N) is 2. The number of sulfonamides is 1. The summed E-state index contributed by atoms with van der Waals surface area (Å²) in [4.78, 5) is 12.4. The van der Waals surface area contributed by atoms with Crippen LogP contribution < -0.4 is 10.0 Å². The first-order chi connectivity index (χ1) is 13.8. The van der Waals surface area contributed by atoms with Crippen LogP contribution in [0.25, 0.3) is 0 Å². The molecular formula is C18H16F2N4O3S2. The van der Waals surface area contributed by atoms with Gasteiger partial charge in [-0.3, -0.25) is 10.1 Å². The average molecular weight is 438 g/mol. The molecule has 1 heterocycles. The van der Waals surface area contributed by atoms with E-state index in [-0.39, 0.29) is 22.1 Å².